The van der Waals surface area contributed by atoms with Gasteiger partial charge in [0, 0.05) is 18.1 Å². The van der Waals surface area contributed by atoms with Crippen molar-refractivity contribution >= 4 is 16.9 Å². The Bertz CT molecular complexity index is 1280. The maximum Gasteiger partial charge on any atom is 0.309 e. The van der Waals surface area contributed by atoms with Crippen molar-refractivity contribution in [3.63, 3.8) is 0 Å². The fourth-order valence-corrected chi connectivity index (χ4v) is 4.06. The van der Waals surface area contributed by atoms with Crippen LogP contribution in [-0.4, -0.2) is 68.1 Å². The molecule has 0 aliphatic heterocycles. The van der Waals surface area contributed by atoms with Gasteiger partial charge in [-0.2, -0.15) is 0 Å². The van der Waals surface area contributed by atoms with E-state index in [1.165, 1.54) is 7.11 Å². The van der Waals surface area contributed by atoms with Gasteiger partial charge >= 0.3 is 5.97 Å². The largest absolute Gasteiger partial charge is 0.504 e. The Balaban J connectivity index is 1.87. The Morgan fingerprint density at radius 3 is 2.29 bits per heavy atom. The first-order valence-electron chi connectivity index (χ1n) is 10.2. The van der Waals surface area contributed by atoms with Crippen LogP contribution in [0.15, 0.2) is 45.6 Å². The van der Waals surface area contributed by atoms with E-state index in [-0.39, 0.29) is 22.5 Å². The second-order valence-corrected chi connectivity index (χ2v) is 7.91. The van der Waals surface area contributed by atoms with Gasteiger partial charge in [0.15, 0.2) is 16.8 Å². The maximum atomic E-state index is 12.8. The molecule has 1 fully saturated rings. The number of aromatic hydroxyl groups is 2. The maximum absolute atomic E-state index is 12.8. The van der Waals surface area contributed by atoms with Gasteiger partial charge in [0.2, 0.25) is 17.2 Å². The highest BCUT2D eigenvalue weighted by Crippen LogP contribution is 2.50. The SMILES string of the molecule is COc1c(OC2CC(C(=O)O)C(O)C(O)C2O)c(O)c(O)c2c(=O)cc(-c3ccccc3)oc12. The highest BCUT2D eigenvalue weighted by molar-refractivity contribution is 5.95. The van der Waals surface area contributed by atoms with Crippen molar-refractivity contribution in [2.45, 2.75) is 30.8 Å². The van der Waals surface area contributed by atoms with Gasteiger partial charge in [0.05, 0.1) is 19.1 Å². The number of carboxylic acids is 1. The number of carbonyl (C=O) groups is 1. The monoisotopic (exact) mass is 474 g/mol. The van der Waals surface area contributed by atoms with Gasteiger partial charge in [-0.25, -0.2) is 0 Å². The predicted molar refractivity (Wildman–Crippen MR) is 116 cm³/mol. The molecule has 1 aliphatic carbocycles. The van der Waals surface area contributed by atoms with Crippen molar-refractivity contribution in [2.75, 3.05) is 7.11 Å². The molecule has 180 valence electrons. The minimum atomic E-state index is -1.86. The molecule has 5 atom stereocenters. The number of ether oxygens (including phenoxy) is 2. The quantitative estimate of drug-likeness (QED) is 0.287. The summed E-state index contributed by atoms with van der Waals surface area (Å²) in [6, 6.07) is 9.73. The number of benzene rings is 2. The summed E-state index contributed by atoms with van der Waals surface area (Å²) >= 11 is 0. The van der Waals surface area contributed by atoms with E-state index in [2.05, 4.69) is 0 Å². The summed E-state index contributed by atoms with van der Waals surface area (Å²) in [5.74, 6) is -5.41. The molecular formula is C23H22O11. The normalized spacial score (nSPS) is 24.6. The zero-order valence-electron chi connectivity index (χ0n) is 17.8. The molecule has 11 nitrogen and oxygen atoms in total. The molecule has 4 rings (SSSR count). The van der Waals surface area contributed by atoms with Gasteiger partial charge in [0.1, 0.15) is 29.5 Å². The molecule has 3 aromatic rings. The van der Waals surface area contributed by atoms with Crippen LogP contribution < -0.4 is 14.9 Å². The number of rotatable bonds is 5. The van der Waals surface area contributed by atoms with Gasteiger partial charge in [-0.3, -0.25) is 9.59 Å². The van der Waals surface area contributed by atoms with Crippen LogP contribution >= 0.6 is 0 Å². The second kappa shape index (κ2) is 8.86. The lowest BCUT2D eigenvalue weighted by atomic mass is 9.80. The molecule has 1 aromatic heterocycles. The molecule has 0 bridgehead atoms. The number of aliphatic hydroxyl groups excluding tert-OH is 3. The van der Waals surface area contributed by atoms with E-state index in [1.807, 2.05) is 0 Å². The van der Waals surface area contributed by atoms with Crippen molar-refractivity contribution in [1.29, 1.82) is 0 Å². The lowest BCUT2D eigenvalue weighted by molar-refractivity contribution is -0.174. The van der Waals surface area contributed by atoms with Crippen molar-refractivity contribution in [3.8, 4) is 34.3 Å². The predicted octanol–water partition coefficient (Wildman–Crippen LogP) is 0.814. The van der Waals surface area contributed by atoms with Crippen molar-refractivity contribution < 1.29 is 49.3 Å². The number of phenols is 2. The molecule has 0 saturated heterocycles. The number of fused-ring (bicyclic) bond motifs is 1. The molecule has 1 heterocycles. The topological polar surface area (TPSA) is 187 Å². The van der Waals surface area contributed by atoms with Crippen molar-refractivity contribution in [2.24, 2.45) is 5.92 Å². The van der Waals surface area contributed by atoms with Crippen LogP contribution in [0.3, 0.4) is 0 Å². The van der Waals surface area contributed by atoms with E-state index < -0.39 is 65.4 Å². The minimum absolute atomic E-state index is 0.134. The van der Waals surface area contributed by atoms with Crippen LogP contribution in [0.5, 0.6) is 23.0 Å². The molecule has 0 amide bonds. The van der Waals surface area contributed by atoms with E-state index >= 15 is 0 Å². The van der Waals surface area contributed by atoms with Crippen LogP contribution in [-0.2, 0) is 4.79 Å². The number of hydrogen-bond donors (Lipinski definition) is 6. The summed E-state index contributed by atoms with van der Waals surface area (Å²) in [5.41, 5.74) is -0.401. The second-order valence-electron chi connectivity index (χ2n) is 7.91. The van der Waals surface area contributed by atoms with E-state index in [1.54, 1.807) is 30.3 Å². The lowest BCUT2D eigenvalue weighted by Gasteiger charge is -2.38. The number of carboxylic acid groups (broad SMARTS) is 1. The van der Waals surface area contributed by atoms with E-state index in [4.69, 9.17) is 13.9 Å². The Morgan fingerprint density at radius 1 is 1.00 bits per heavy atom. The van der Waals surface area contributed by atoms with Crippen molar-refractivity contribution in [3.05, 3.63) is 46.6 Å². The lowest BCUT2D eigenvalue weighted by Crippen LogP contribution is -2.57. The third-order valence-corrected chi connectivity index (χ3v) is 5.86. The summed E-state index contributed by atoms with van der Waals surface area (Å²) in [6.45, 7) is 0. The molecule has 0 spiro atoms. The van der Waals surface area contributed by atoms with Gasteiger partial charge in [-0.1, -0.05) is 30.3 Å². The fraction of sp³-hybridized carbons (Fsp3) is 0.304. The smallest absolute Gasteiger partial charge is 0.309 e. The van der Waals surface area contributed by atoms with E-state index in [0.717, 1.165) is 6.07 Å². The van der Waals surface area contributed by atoms with Gasteiger partial charge in [0.25, 0.3) is 0 Å². The molecule has 2 aromatic carbocycles. The van der Waals surface area contributed by atoms with Crippen molar-refractivity contribution in [1.82, 2.24) is 0 Å². The fourth-order valence-electron chi connectivity index (χ4n) is 4.06. The molecule has 34 heavy (non-hydrogen) atoms. The number of phenolic OH excluding ortho intramolecular Hbond substituents is 2. The highest BCUT2D eigenvalue weighted by atomic mass is 16.5. The minimum Gasteiger partial charge on any atom is -0.504 e. The van der Waals surface area contributed by atoms with Crippen LogP contribution in [0.2, 0.25) is 0 Å². The molecule has 5 unspecified atom stereocenters. The molecule has 6 N–H and O–H groups in total. The standard InChI is InChI=1S/C23H22O11/c1-32-22-20-14(11(24)8-12(33-20)9-5-3-2-4-6-9)17(27)19(29)21(22)34-13-7-10(23(30)31)15(25)18(28)16(13)26/h2-6,8,10,13,15-16,18,25-29H,7H2,1H3,(H,30,31). The van der Waals surface area contributed by atoms with Gasteiger partial charge in [-0.15, -0.1) is 0 Å². The summed E-state index contributed by atoms with van der Waals surface area (Å²) in [4.78, 5) is 24.2. The Hall–Kier alpha value is -3.80. The average Bonchev–Trinajstić information content (AvgIpc) is 2.82. The first-order chi connectivity index (χ1) is 16.1. The van der Waals surface area contributed by atoms with E-state index in [0.29, 0.717) is 5.56 Å². The zero-order valence-corrected chi connectivity index (χ0v) is 17.8. The average molecular weight is 474 g/mol. The third kappa shape index (κ3) is 3.79. The summed E-state index contributed by atoms with van der Waals surface area (Å²) < 4.78 is 16.7. The first kappa shape index (κ1) is 23.4. The third-order valence-electron chi connectivity index (χ3n) is 5.86. The Morgan fingerprint density at radius 2 is 1.68 bits per heavy atom. The number of hydrogen-bond acceptors (Lipinski definition) is 10. The first-order valence-corrected chi connectivity index (χ1v) is 10.2. The molecule has 0 radical (unpaired) electrons. The van der Waals surface area contributed by atoms with E-state index in [9.17, 15) is 40.2 Å². The van der Waals surface area contributed by atoms with Crippen LogP contribution in [0.4, 0.5) is 0 Å². The van der Waals surface area contributed by atoms with Crippen LogP contribution in [0.25, 0.3) is 22.3 Å². The molecule has 1 saturated carbocycles. The summed E-state index contributed by atoms with van der Waals surface area (Å²) in [6.07, 6.45) is -7.22. The number of aliphatic hydroxyl groups is 3. The van der Waals surface area contributed by atoms with Gasteiger partial charge < -0.3 is 44.5 Å². The molecule has 11 heteroatoms. The van der Waals surface area contributed by atoms with Crippen LogP contribution in [0.1, 0.15) is 6.42 Å². The molecule has 1 aliphatic rings. The molecular weight excluding hydrogens is 452 g/mol. The Labute approximate surface area is 191 Å². The number of aliphatic carboxylic acids is 1. The summed E-state index contributed by atoms with van der Waals surface area (Å²) in [7, 11) is 1.18. The summed E-state index contributed by atoms with van der Waals surface area (Å²) in [5, 5.41) is 60.5. The van der Waals surface area contributed by atoms with Crippen LogP contribution in [0, 0.1) is 5.92 Å². The van der Waals surface area contributed by atoms with Gasteiger partial charge in [-0.05, 0) is 0 Å². The number of methoxy groups -OCH3 is 1. The highest BCUT2D eigenvalue weighted by Gasteiger charge is 2.47. The Kier molecular flexibility index (Phi) is 6.09. The zero-order chi connectivity index (χ0) is 24.7.